The Balaban J connectivity index is -0.00000124. The summed E-state index contributed by atoms with van der Waals surface area (Å²) >= 11 is 0. The summed E-state index contributed by atoms with van der Waals surface area (Å²) in [7, 11) is 7.04. The summed E-state index contributed by atoms with van der Waals surface area (Å²) in [5.74, 6) is 0.591. The molecule has 0 atom stereocenters. The van der Waals surface area contributed by atoms with Crippen LogP contribution < -0.4 is 15.4 Å². The molecule has 2 aromatic heterocycles. The topological polar surface area (TPSA) is 219 Å². The van der Waals surface area contributed by atoms with Crippen LogP contribution in [0.1, 0.15) is 352 Å². The highest BCUT2D eigenvalue weighted by Gasteiger charge is 2.43. The molecule has 9 amide bonds. The second-order valence-electron chi connectivity index (χ2n) is 43.1. The molecule has 0 unspecified atom stereocenters. The number of ether oxygens (including phenoxy) is 1. The summed E-state index contributed by atoms with van der Waals surface area (Å²) in [5, 5.41) is 13.7. The van der Waals surface area contributed by atoms with Gasteiger partial charge < -0.3 is 54.2 Å². The van der Waals surface area contributed by atoms with E-state index in [-0.39, 0.29) is 137 Å². The molecule has 2 aromatic carbocycles. The molecule has 0 fully saturated rings. The van der Waals surface area contributed by atoms with Gasteiger partial charge in [-0.05, 0) is 329 Å². The largest absolute Gasteiger partial charge is 0.497 e. The Morgan fingerprint density at radius 3 is 0.955 bits per heavy atom. The summed E-state index contributed by atoms with van der Waals surface area (Å²) in [5.41, 5.74) is 0.263. The number of nitrogens with one attached hydrogen (secondary N) is 2. The Kier molecular flexibility index (Phi) is 39.4. The van der Waals surface area contributed by atoms with Crippen LogP contribution in [0.25, 0.3) is 0 Å². The molecular formula is C90H163FN12O9. The summed E-state index contributed by atoms with van der Waals surface area (Å²) in [6.45, 7) is 92.3. The van der Waals surface area contributed by atoms with Crippen molar-refractivity contribution in [3.8, 4) is 5.75 Å². The Morgan fingerprint density at radius 1 is 0.446 bits per heavy atom. The summed E-state index contributed by atoms with van der Waals surface area (Å²) in [4.78, 5) is 97.9. The predicted octanol–water partition coefficient (Wildman–Crippen LogP) is 20.8. The number of aryl methyl sites for hydroxylation is 2. The van der Waals surface area contributed by atoms with Crippen LogP contribution in [0.15, 0.2) is 71.4 Å². The Morgan fingerprint density at radius 2 is 0.741 bits per heavy atom. The van der Waals surface area contributed by atoms with E-state index in [1.807, 2.05) is 242 Å². The molecule has 2 N–H and O–H groups in total. The molecule has 0 spiro atoms. The molecular weight excluding hydrogens is 1410 g/mol. The van der Waals surface area contributed by atoms with Gasteiger partial charge in [-0.1, -0.05) is 46.7 Å². The molecule has 0 aliphatic carbocycles. The summed E-state index contributed by atoms with van der Waals surface area (Å²) < 4.78 is 24.7. The van der Waals surface area contributed by atoms with Crippen molar-refractivity contribution in [2.24, 2.45) is 17.9 Å². The van der Waals surface area contributed by atoms with Crippen LogP contribution in [0.3, 0.4) is 0 Å². The Labute approximate surface area is 681 Å². The number of amides is 9. The van der Waals surface area contributed by atoms with Crippen LogP contribution in [0.4, 0.5) is 14.0 Å². The fourth-order valence-corrected chi connectivity index (χ4v) is 14.8. The molecule has 112 heavy (non-hydrogen) atoms. The average Bonchev–Trinajstić information content (AvgIpc) is 1.22. The molecule has 0 radical (unpaired) electrons. The normalized spacial score (nSPS) is 12.6. The van der Waals surface area contributed by atoms with Crippen molar-refractivity contribution in [2.45, 2.75) is 384 Å². The average molecular weight is 1580 g/mol. The third-order valence-electron chi connectivity index (χ3n) is 16.5. The molecule has 4 aromatic rings. The third-order valence-corrected chi connectivity index (χ3v) is 16.5. The van der Waals surface area contributed by atoms with E-state index in [9.17, 15) is 38.0 Å². The van der Waals surface area contributed by atoms with Crippen LogP contribution in [0.2, 0.25) is 0 Å². The van der Waals surface area contributed by atoms with Crippen molar-refractivity contribution in [3.05, 3.63) is 101 Å². The van der Waals surface area contributed by atoms with Gasteiger partial charge in [-0.15, -0.1) is 0 Å². The number of rotatable bonds is 7. The lowest BCUT2D eigenvalue weighted by molar-refractivity contribution is -0.121. The molecule has 21 nitrogen and oxygen atoms in total. The number of urea groups is 2. The van der Waals surface area contributed by atoms with E-state index in [1.165, 1.54) is 30.5 Å². The number of hydrogen-bond donors (Lipinski definition) is 2. The van der Waals surface area contributed by atoms with Crippen molar-refractivity contribution in [1.29, 1.82) is 0 Å². The smallest absolute Gasteiger partial charge is 0.320 e. The van der Waals surface area contributed by atoms with Gasteiger partial charge in [-0.25, -0.2) is 14.0 Å². The number of carbonyl (C=O) groups is 7. The minimum Gasteiger partial charge on any atom is -0.497 e. The lowest BCUT2D eigenvalue weighted by Gasteiger charge is -2.46. The van der Waals surface area contributed by atoms with E-state index < -0.39 is 0 Å². The van der Waals surface area contributed by atoms with Gasteiger partial charge in [0.15, 0.2) is 5.69 Å². The highest BCUT2D eigenvalue weighted by atomic mass is 19.1. The number of methoxy groups -OCH3 is 1. The minimum absolute atomic E-state index is 0.00694. The zero-order valence-corrected chi connectivity index (χ0v) is 80.2. The lowest BCUT2D eigenvalue weighted by Crippen LogP contribution is -2.58. The minimum atomic E-state index is -0.329. The molecule has 0 aliphatic heterocycles. The molecule has 4 rings (SSSR count). The maximum absolute atomic E-state index is 12.9. The van der Waals surface area contributed by atoms with Crippen molar-refractivity contribution in [3.63, 3.8) is 0 Å². The predicted molar refractivity (Wildman–Crippen MR) is 464 cm³/mol. The van der Waals surface area contributed by atoms with Crippen LogP contribution in [0.5, 0.6) is 5.75 Å². The maximum atomic E-state index is 12.9. The number of benzene rings is 2. The fraction of sp³-hybridized carbons (Fsp3) is 0.722. The van der Waals surface area contributed by atoms with Crippen LogP contribution in [0, 0.1) is 23.6 Å². The van der Waals surface area contributed by atoms with Gasteiger partial charge in [-0.3, -0.25) is 28.7 Å². The quantitative estimate of drug-likeness (QED) is 0.177. The van der Waals surface area contributed by atoms with E-state index in [0.29, 0.717) is 23.4 Å². The number of hydrogen-bond acceptors (Lipinski definition) is 11. The van der Waals surface area contributed by atoms with Gasteiger partial charge in [0.1, 0.15) is 11.6 Å². The van der Waals surface area contributed by atoms with E-state index in [2.05, 4.69) is 146 Å². The monoisotopic (exact) mass is 1580 g/mol. The number of aromatic nitrogens is 3. The van der Waals surface area contributed by atoms with Gasteiger partial charge in [-0.2, -0.15) is 5.10 Å². The maximum Gasteiger partial charge on any atom is 0.320 e. The first-order chi connectivity index (χ1) is 49.3. The van der Waals surface area contributed by atoms with Crippen LogP contribution in [-0.4, -0.2) is 191 Å². The Bertz CT molecular complexity index is 3430. The SMILES string of the molecule is CC(=O)NC(C(C)(C)C)C(C)(C)C.CC(C)(C)N(C(=O)c1ccc(F)cc1)C(C)(C)C.CC(C)(C)N(C(=O)c1ccno1)C(C)(C)C.CCNC(=O)N(C(C)(C)C)C(C)(C)C.CN(C)C(=O)N(C(C)(C)C)C(C)(C)C.COc1ccc(C(=O)N(C(C)(C)C)C(C)(C)C)cc1.Cc1cc(C(=O)N(C(C)(C)C)C(C)(C)C)nn1C. The van der Waals surface area contributed by atoms with Gasteiger partial charge in [0.05, 0.1) is 13.3 Å². The Hall–Kier alpha value is -7.52. The first-order valence-electron chi connectivity index (χ1n) is 39.4. The van der Waals surface area contributed by atoms with Gasteiger partial charge in [0.25, 0.3) is 23.6 Å². The molecule has 22 heteroatoms. The molecule has 2 heterocycles. The highest BCUT2D eigenvalue weighted by molar-refractivity contribution is 5.96. The first-order valence-corrected chi connectivity index (χ1v) is 39.4. The van der Waals surface area contributed by atoms with Crippen LogP contribution >= 0.6 is 0 Å². The molecule has 0 saturated heterocycles. The molecule has 644 valence electrons. The number of halogens is 1. The molecule has 0 bridgehead atoms. The van der Waals surface area contributed by atoms with Crippen LogP contribution in [-0.2, 0) is 11.8 Å². The van der Waals surface area contributed by atoms with Crippen molar-refractivity contribution >= 4 is 41.6 Å². The zero-order valence-electron chi connectivity index (χ0n) is 80.2. The van der Waals surface area contributed by atoms with Crippen molar-refractivity contribution in [2.75, 3.05) is 27.7 Å². The van der Waals surface area contributed by atoms with E-state index in [4.69, 9.17) is 9.26 Å². The van der Waals surface area contributed by atoms with Crippen molar-refractivity contribution < 1.29 is 47.2 Å². The van der Waals surface area contributed by atoms with E-state index >= 15 is 0 Å². The number of carbonyl (C=O) groups excluding carboxylic acids is 7. The van der Waals surface area contributed by atoms with E-state index in [0.717, 1.165) is 11.4 Å². The van der Waals surface area contributed by atoms with Gasteiger partial charge in [0, 0.05) is 130 Å². The fourth-order valence-electron chi connectivity index (χ4n) is 14.8. The second-order valence-corrected chi connectivity index (χ2v) is 43.1. The first kappa shape index (κ1) is 109. The highest BCUT2D eigenvalue weighted by Crippen LogP contribution is 2.35. The van der Waals surface area contributed by atoms with E-state index in [1.54, 1.807) is 48.7 Å². The lowest BCUT2D eigenvalue weighted by atomic mass is 9.72. The standard InChI is InChI=1S/C16H25NO2.C15H22FNO.C14H25N3O.C12H20N2O2.2C11H24N2O.C11H23NO/c1-15(2,3)17(16(4,5)6)14(18)12-8-10-13(19-7)11-9-12;1-14(2,3)17(15(4,5)6)13(18)11-7-9-12(16)10-8-11;1-10-9-11(15-16(10)8)12(18)17(13(2,3)4)14(5,6)7;1-11(2,3)14(12(4,5)6)10(15)9-7-8-13-16-9;1-10(2,3)13(11(4,5)6)9(14)12(7)8;1-8-12-9(14)13(10(2,3)4)11(5,6)7;1-8(13)12-9(10(2,3)4)11(5,6)7/h8-11H,1-7H3;7-10H,1-6H3;9H,1-8H3;7-8H,1-6H3;1-8H3;8H2,1-7H3,(H,12,14);9H,1-7H3,(H,12,13). The molecule has 0 aliphatic rings. The second kappa shape index (κ2) is 40.7. The number of nitrogens with zero attached hydrogens (tertiary/aromatic N) is 10. The zero-order chi connectivity index (χ0) is 90.0. The molecule has 0 saturated carbocycles. The summed E-state index contributed by atoms with van der Waals surface area (Å²) in [6, 6.07) is 16.7. The van der Waals surface area contributed by atoms with Gasteiger partial charge >= 0.3 is 12.1 Å². The summed E-state index contributed by atoms with van der Waals surface area (Å²) in [6.07, 6.45) is 1.48. The third kappa shape index (κ3) is 37.2. The van der Waals surface area contributed by atoms with Crippen molar-refractivity contribution in [1.82, 2.24) is 59.9 Å². The van der Waals surface area contributed by atoms with Gasteiger partial charge in [0.2, 0.25) is 11.7 Å².